The highest BCUT2D eigenvalue weighted by Gasteiger charge is 2.34. The first-order valence-electron chi connectivity index (χ1n) is 4.13. The number of aliphatic carboxylic acids is 1. The fourth-order valence-electron chi connectivity index (χ4n) is 1.28. The van der Waals surface area contributed by atoms with Gasteiger partial charge in [-0.1, -0.05) is 13.8 Å². The number of carboxylic acids is 1. The van der Waals surface area contributed by atoms with E-state index in [1.807, 2.05) is 13.8 Å². The molecule has 0 aliphatic carbocycles. The summed E-state index contributed by atoms with van der Waals surface area (Å²) in [6.07, 6.45) is 0.525. The summed E-state index contributed by atoms with van der Waals surface area (Å²) in [6.45, 7) is 3.87. The molecule has 1 amide bonds. The lowest BCUT2D eigenvalue weighted by atomic mass is 9.93. The van der Waals surface area contributed by atoms with Crippen LogP contribution in [0.4, 0.5) is 0 Å². The predicted octanol–water partition coefficient (Wildman–Crippen LogP) is 0.219. The monoisotopic (exact) mass is 184 g/mol. The minimum atomic E-state index is -1.12. The summed E-state index contributed by atoms with van der Waals surface area (Å²) >= 11 is 0. The molecule has 1 rings (SSSR count). The van der Waals surface area contributed by atoms with Crippen molar-refractivity contribution in [1.82, 2.24) is 5.43 Å². The first-order valence-corrected chi connectivity index (χ1v) is 4.13. The van der Waals surface area contributed by atoms with Crippen molar-refractivity contribution in [3.8, 4) is 0 Å². The molecule has 1 aliphatic heterocycles. The minimum absolute atomic E-state index is 0.0706. The van der Waals surface area contributed by atoms with Crippen molar-refractivity contribution in [3.05, 3.63) is 0 Å². The molecule has 5 heteroatoms. The van der Waals surface area contributed by atoms with Crippen LogP contribution in [0.2, 0.25) is 0 Å². The number of hydrazone groups is 1. The SMILES string of the molecule is CC(C)CC1C(=O)NN=C1C(=O)O. The van der Waals surface area contributed by atoms with E-state index in [9.17, 15) is 9.59 Å². The summed E-state index contributed by atoms with van der Waals surface area (Å²) in [6, 6.07) is 0. The molecule has 0 fully saturated rings. The third kappa shape index (κ3) is 2.05. The van der Waals surface area contributed by atoms with Gasteiger partial charge in [0.05, 0.1) is 5.92 Å². The lowest BCUT2D eigenvalue weighted by Gasteiger charge is -2.09. The Kier molecular flexibility index (Phi) is 2.65. The molecule has 1 aliphatic rings. The molecule has 72 valence electrons. The van der Waals surface area contributed by atoms with Crippen LogP contribution in [-0.2, 0) is 9.59 Å². The van der Waals surface area contributed by atoms with Crippen LogP contribution in [0.5, 0.6) is 0 Å². The van der Waals surface area contributed by atoms with Gasteiger partial charge in [-0.2, -0.15) is 5.10 Å². The third-order valence-corrected chi connectivity index (χ3v) is 1.86. The maximum atomic E-state index is 11.1. The zero-order chi connectivity index (χ0) is 10.0. The lowest BCUT2D eigenvalue weighted by Crippen LogP contribution is -2.28. The van der Waals surface area contributed by atoms with Gasteiger partial charge in [0, 0.05) is 0 Å². The third-order valence-electron chi connectivity index (χ3n) is 1.86. The Balaban J connectivity index is 2.74. The van der Waals surface area contributed by atoms with Crippen LogP contribution in [0.1, 0.15) is 20.3 Å². The molecule has 0 saturated heterocycles. The van der Waals surface area contributed by atoms with Crippen LogP contribution in [0.15, 0.2) is 5.10 Å². The van der Waals surface area contributed by atoms with Gasteiger partial charge < -0.3 is 5.11 Å². The molecule has 1 atom stereocenters. The Labute approximate surface area is 75.8 Å². The van der Waals surface area contributed by atoms with Gasteiger partial charge in [-0.25, -0.2) is 10.2 Å². The highest BCUT2D eigenvalue weighted by molar-refractivity contribution is 6.41. The van der Waals surface area contributed by atoms with Gasteiger partial charge >= 0.3 is 5.97 Å². The molecule has 0 aromatic rings. The Morgan fingerprint density at radius 1 is 1.69 bits per heavy atom. The molecule has 5 nitrogen and oxygen atoms in total. The highest BCUT2D eigenvalue weighted by atomic mass is 16.4. The van der Waals surface area contributed by atoms with Crippen molar-refractivity contribution in [1.29, 1.82) is 0 Å². The predicted molar refractivity (Wildman–Crippen MR) is 46.2 cm³/mol. The number of nitrogens with one attached hydrogen (secondary N) is 1. The maximum absolute atomic E-state index is 11.1. The van der Waals surface area contributed by atoms with Crippen molar-refractivity contribution in [2.24, 2.45) is 16.9 Å². The summed E-state index contributed by atoms with van der Waals surface area (Å²) in [4.78, 5) is 21.8. The molecule has 0 aromatic carbocycles. The fourth-order valence-corrected chi connectivity index (χ4v) is 1.28. The van der Waals surface area contributed by atoms with Gasteiger partial charge in [-0.05, 0) is 12.3 Å². The average molecular weight is 184 g/mol. The second-order valence-electron chi connectivity index (χ2n) is 3.46. The minimum Gasteiger partial charge on any atom is -0.477 e. The second-order valence-corrected chi connectivity index (χ2v) is 3.46. The number of hydrogen-bond acceptors (Lipinski definition) is 3. The number of carbonyl (C=O) groups excluding carboxylic acids is 1. The molecular weight excluding hydrogens is 172 g/mol. The number of nitrogens with zero attached hydrogens (tertiary/aromatic N) is 1. The number of amides is 1. The number of hydrogen-bond donors (Lipinski definition) is 2. The van der Waals surface area contributed by atoms with Crippen molar-refractivity contribution in [2.45, 2.75) is 20.3 Å². The van der Waals surface area contributed by atoms with Gasteiger partial charge in [-0.15, -0.1) is 0 Å². The van der Waals surface area contributed by atoms with E-state index >= 15 is 0 Å². The Morgan fingerprint density at radius 2 is 2.31 bits per heavy atom. The van der Waals surface area contributed by atoms with Gasteiger partial charge in [-0.3, -0.25) is 4.79 Å². The molecule has 13 heavy (non-hydrogen) atoms. The van der Waals surface area contributed by atoms with E-state index in [-0.39, 0.29) is 17.5 Å². The first-order chi connectivity index (χ1) is 6.02. The Morgan fingerprint density at radius 3 is 2.77 bits per heavy atom. The zero-order valence-corrected chi connectivity index (χ0v) is 7.57. The van der Waals surface area contributed by atoms with E-state index in [4.69, 9.17) is 5.11 Å². The van der Waals surface area contributed by atoms with Gasteiger partial charge in [0.1, 0.15) is 0 Å². The summed E-state index contributed by atoms with van der Waals surface area (Å²) in [5, 5.41) is 12.2. The molecule has 0 bridgehead atoms. The maximum Gasteiger partial charge on any atom is 0.352 e. The summed E-state index contributed by atoms with van der Waals surface area (Å²) in [5.74, 6) is -1.74. The molecule has 0 spiro atoms. The fraction of sp³-hybridized carbons (Fsp3) is 0.625. The summed E-state index contributed by atoms with van der Waals surface area (Å²) < 4.78 is 0. The molecule has 1 unspecified atom stereocenters. The van der Waals surface area contributed by atoms with Crippen molar-refractivity contribution in [2.75, 3.05) is 0 Å². The first kappa shape index (κ1) is 9.70. The highest BCUT2D eigenvalue weighted by Crippen LogP contribution is 2.17. The molecule has 1 heterocycles. The van der Waals surface area contributed by atoms with E-state index in [0.29, 0.717) is 6.42 Å². The van der Waals surface area contributed by atoms with E-state index in [1.165, 1.54) is 0 Å². The topological polar surface area (TPSA) is 78.8 Å². The number of carboxylic acid groups (broad SMARTS) is 1. The molecule has 2 N–H and O–H groups in total. The zero-order valence-electron chi connectivity index (χ0n) is 7.57. The largest absolute Gasteiger partial charge is 0.477 e. The van der Waals surface area contributed by atoms with Crippen LogP contribution in [-0.4, -0.2) is 22.7 Å². The van der Waals surface area contributed by atoms with E-state index in [2.05, 4.69) is 10.5 Å². The van der Waals surface area contributed by atoms with Crippen LogP contribution < -0.4 is 5.43 Å². The summed E-state index contributed by atoms with van der Waals surface area (Å²) in [7, 11) is 0. The lowest BCUT2D eigenvalue weighted by molar-refractivity contribution is -0.130. The molecule has 0 aromatic heterocycles. The average Bonchev–Trinajstić information content (AvgIpc) is 2.32. The van der Waals surface area contributed by atoms with Crippen LogP contribution in [0, 0.1) is 11.8 Å². The van der Waals surface area contributed by atoms with Gasteiger partial charge in [0.2, 0.25) is 5.91 Å². The second kappa shape index (κ2) is 3.55. The van der Waals surface area contributed by atoms with E-state index in [0.717, 1.165) is 0 Å². The standard InChI is InChI=1S/C8H12N2O3/c1-4(2)3-5-6(8(12)13)9-10-7(5)11/h4-5H,3H2,1-2H3,(H,10,11)(H,12,13). The van der Waals surface area contributed by atoms with Crippen LogP contribution in [0.3, 0.4) is 0 Å². The van der Waals surface area contributed by atoms with Crippen LogP contribution in [0.25, 0.3) is 0 Å². The van der Waals surface area contributed by atoms with Gasteiger partial charge in [0.25, 0.3) is 0 Å². The van der Waals surface area contributed by atoms with E-state index < -0.39 is 11.9 Å². The number of rotatable bonds is 3. The van der Waals surface area contributed by atoms with Crippen LogP contribution >= 0.6 is 0 Å². The Bertz CT molecular complexity index is 271. The molecule has 0 saturated carbocycles. The Hall–Kier alpha value is -1.39. The normalized spacial score (nSPS) is 21.6. The van der Waals surface area contributed by atoms with Crippen molar-refractivity contribution < 1.29 is 14.7 Å². The number of carbonyl (C=O) groups is 2. The summed E-state index contributed by atoms with van der Waals surface area (Å²) in [5.41, 5.74) is 2.10. The van der Waals surface area contributed by atoms with E-state index in [1.54, 1.807) is 0 Å². The quantitative estimate of drug-likeness (QED) is 0.658. The smallest absolute Gasteiger partial charge is 0.352 e. The molecular formula is C8H12N2O3. The van der Waals surface area contributed by atoms with Crippen molar-refractivity contribution in [3.63, 3.8) is 0 Å². The van der Waals surface area contributed by atoms with Crippen molar-refractivity contribution >= 4 is 17.6 Å². The molecule has 0 radical (unpaired) electrons. The van der Waals surface area contributed by atoms with Gasteiger partial charge in [0.15, 0.2) is 5.71 Å².